The summed E-state index contributed by atoms with van der Waals surface area (Å²) in [6.07, 6.45) is 1.59. The average molecular weight is 313 g/mol. The molecule has 0 aliphatic carbocycles. The molecule has 0 aromatic heterocycles. The van der Waals surface area contributed by atoms with Crippen LogP contribution >= 0.6 is 15.9 Å². The Kier molecular flexibility index (Phi) is 5.03. The summed E-state index contributed by atoms with van der Waals surface area (Å²) in [6, 6.07) is 6.22. The van der Waals surface area contributed by atoms with E-state index in [4.69, 9.17) is 0 Å². The van der Waals surface area contributed by atoms with Crippen molar-refractivity contribution in [1.82, 2.24) is 4.90 Å². The molecule has 6 heteroatoms. The van der Waals surface area contributed by atoms with Crippen LogP contribution in [0.15, 0.2) is 30.5 Å². The van der Waals surface area contributed by atoms with Gasteiger partial charge in [-0.15, -0.1) is 0 Å². The lowest BCUT2D eigenvalue weighted by molar-refractivity contribution is -0.385. The van der Waals surface area contributed by atoms with E-state index >= 15 is 0 Å². The van der Waals surface area contributed by atoms with E-state index in [2.05, 4.69) is 15.9 Å². The molecule has 0 fully saturated rings. The lowest BCUT2D eigenvalue weighted by Gasteiger charge is -2.10. The highest BCUT2D eigenvalue weighted by atomic mass is 79.9. The van der Waals surface area contributed by atoms with Crippen LogP contribution in [0.5, 0.6) is 0 Å². The molecular formula is C12H13BrN2O3. The standard InChI is InChI=1S/C12H13BrN2O3/c1-14(2)8-10(12(16)7-13)9-5-3-4-6-11(9)15(17)18/h3-6,8H,7H2,1-2H3/b10-8-. The zero-order valence-electron chi connectivity index (χ0n) is 10.1. The normalized spacial score (nSPS) is 11.2. The number of hydrogen-bond acceptors (Lipinski definition) is 4. The van der Waals surface area contributed by atoms with Crippen LogP contribution in [0.4, 0.5) is 5.69 Å². The Bertz CT molecular complexity index is 498. The highest BCUT2D eigenvalue weighted by Gasteiger charge is 2.20. The fourth-order valence-corrected chi connectivity index (χ4v) is 1.78. The van der Waals surface area contributed by atoms with E-state index in [-0.39, 0.29) is 16.8 Å². The number of alkyl halides is 1. The summed E-state index contributed by atoms with van der Waals surface area (Å²) in [5.74, 6) is -0.196. The number of benzene rings is 1. The van der Waals surface area contributed by atoms with Gasteiger partial charge in [0.1, 0.15) is 0 Å². The third-order valence-corrected chi connectivity index (χ3v) is 2.71. The van der Waals surface area contributed by atoms with Gasteiger partial charge in [-0.3, -0.25) is 14.9 Å². The smallest absolute Gasteiger partial charge is 0.277 e. The highest BCUT2D eigenvalue weighted by Crippen LogP contribution is 2.26. The van der Waals surface area contributed by atoms with Crippen LogP contribution in [0.1, 0.15) is 5.56 Å². The number of ketones is 1. The van der Waals surface area contributed by atoms with Crippen molar-refractivity contribution in [3.63, 3.8) is 0 Å². The Labute approximate surface area is 113 Å². The van der Waals surface area contributed by atoms with E-state index < -0.39 is 4.92 Å². The maximum atomic E-state index is 11.9. The molecular weight excluding hydrogens is 300 g/mol. The fourth-order valence-electron chi connectivity index (χ4n) is 1.48. The first-order valence-corrected chi connectivity index (χ1v) is 6.30. The number of nitro groups is 1. The number of rotatable bonds is 5. The number of para-hydroxylation sites is 1. The van der Waals surface area contributed by atoms with Crippen molar-refractivity contribution in [1.29, 1.82) is 0 Å². The van der Waals surface area contributed by atoms with Gasteiger partial charge in [0.25, 0.3) is 5.69 Å². The monoisotopic (exact) mass is 312 g/mol. The molecule has 0 spiro atoms. The summed E-state index contributed by atoms with van der Waals surface area (Å²) in [6.45, 7) is 0. The van der Waals surface area contributed by atoms with Gasteiger partial charge in [-0.2, -0.15) is 0 Å². The minimum atomic E-state index is -0.486. The Balaban J connectivity index is 3.39. The van der Waals surface area contributed by atoms with Crippen LogP contribution in [0.3, 0.4) is 0 Å². The molecule has 0 N–H and O–H groups in total. The van der Waals surface area contributed by atoms with E-state index in [0.29, 0.717) is 11.1 Å². The van der Waals surface area contributed by atoms with Crippen molar-refractivity contribution >= 4 is 33.0 Å². The van der Waals surface area contributed by atoms with Crippen molar-refractivity contribution in [2.75, 3.05) is 19.4 Å². The van der Waals surface area contributed by atoms with Crippen LogP contribution in [-0.4, -0.2) is 35.0 Å². The summed E-state index contributed by atoms with van der Waals surface area (Å²) in [5.41, 5.74) is 0.588. The predicted molar refractivity (Wildman–Crippen MR) is 73.6 cm³/mol. The lowest BCUT2D eigenvalue weighted by atomic mass is 10.0. The first kappa shape index (κ1) is 14.4. The van der Waals surface area contributed by atoms with E-state index in [9.17, 15) is 14.9 Å². The van der Waals surface area contributed by atoms with Gasteiger partial charge in [-0.1, -0.05) is 28.1 Å². The Morgan fingerprint density at radius 2 is 2.06 bits per heavy atom. The van der Waals surface area contributed by atoms with Gasteiger partial charge in [-0.05, 0) is 6.07 Å². The lowest BCUT2D eigenvalue weighted by Crippen LogP contribution is -2.10. The maximum absolute atomic E-state index is 11.9. The zero-order chi connectivity index (χ0) is 13.7. The predicted octanol–water partition coefficient (Wildman–Crippen LogP) is 2.46. The molecule has 0 saturated heterocycles. The van der Waals surface area contributed by atoms with Gasteiger partial charge < -0.3 is 4.90 Å². The van der Waals surface area contributed by atoms with Crippen LogP contribution in [-0.2, 0) is 4.79 Å². The molecule has 0 aliphatic heterocycles. The Morgan fingerprint density at radius 1 is 1.44 bits per heavy atom. The first-order valence-electron chi connectivity index (χ1n) is 5.18. The van der Waals surface area contributed by atoms with E-state index in [1.54, 1.807) is 43.4 Å². The third kappa shape index (κ3) is 3.40. The SMILES string of the molecule is CN(C)/C=C(\C(=O)CBr)c1ccccc1[N+](=O)[O-]. The van der Waals surface area contributed by atoms with Gasteiger partial charge in [-0.25, -0.2) is 0 Å². The molecule has 18 heavy (non-hydrogen) atoms. The molecule has 0 saturated carbocycles. The van der Waals surface area contributed by atoms with E-state index in [1.807, 2.05) is 0 Å². The number of allylic oxidation sites excluding steroid dienone is 1. The summed E-state index contributed by atoms with van der Waals surface area (Å²) in [7, 11) is 3.52. The van der Waals surface area contributed by atoms with Crippen LogP contribution in [0, 0.1) is 10.1 Å². The van der Waals surface area contributed by atoms with Gasteiger partial charge in [0.15, 0.2) is 5.78 Å². The molecule has 96 valence electrons. The van der Waals surface area contributed by atoms with E-state index in [1.165, 1.54) is 6.07 Å². The molecule has 0 unspecified atom stereocenters. The first-order chi connectivity index (χ1) is 8.47. The van der Waals surface area contributed by atoms with Crippen molar-refractivity contribution in [2.45, 2.75) is 0 Å². The number of hydrogen-bond donors (Lipinski definition) is 0. The molecule has 1 rings (SSSR count). The summed E-state index contributed by atoms with van der Waals surface area (Å²) in [5, 5.41) is 11.1. The molecule has 0 bridgehead atoms. The number of Topliss-reactive ketones (excluding diaryl/α,β-unsaturated/α-hetero) is 1. The van der Waals surface area contributed by atoms with Crippen molar-refractivity contribution in [3.05, 3.63) is 46.1 Å². The molecule has 0 aliphatic rings. The van der Waals surface area contributed by atoms with Crippen LogP contribution < -0.4 is 0 Å². The maximum Gasteiger partial charge on any atom is 0.277 e. The van der Waals surface area contributed by atoms with Crippen molar-refractivity contribution in [3.8, 4) is 0 Å². The zero-order valence-corrected chi connectivity index (χ0v) is 11.7. The van der Waals surface area contributed by atoms with E-state index in [0.717, 1.165) is 0 Å². The second-order valence-electron chi connectivity index (χ2n) is 3.84. The largest absolute Gasteiger partial charge is 0.383 e. The van der Waals surface area contributed by atoms with Crippen molar-refractivity contribution in [2.24, 2.45) is 0 Å². The number of nitrogens with zero attached hydrogens (tertiary/aromatic N) is 2. The van der Waals surface area contributed by atoms with Gasteiger partial charge in [0.05, 0.1) is 15.8 Å². The second-order valence-corrected chi connectivity index (χ2v) is 4.40. The molecule has 0 atom stereocenters. The van der Waals surface area contributed by atoms with Crippen LogP contribution in [0.25, 0.3) is 5.57 Å². The average Bonchev–Trinajstić information content (AvgIpc) is 2.34. The minimum absolute atomic E-state index is 0.0695. The molecule has 5 nitrogen and oxygen atoms in total. The van der Waals surface area contributed by atoms with Crippen molar-refractivity contribution < 1.29 is 9.72 Å². The summed E-state index contributed by atoms with van der Waals surface area (Å²) < 4.78 is 0. The van der Waals surface area contributed by atoms with Gasteiger partial charge in [0, 0.05) is 31.9 Å². The molecule has 0 heterocycles. The quantitative estimate of drug-likeness (QED) is 0.362. The second kappa shape index (κ2) is 6.30. The highest BCUT2D eigenvalue weighted by molar-refractivity contribution is 9.09. The summed E-state index contributed by atoms with van der Waals surface area (Å²) in [4.78, 5) is 24.0. The molecule has 1 aromatic rings. The van der Waals surface area contributed by atoms with Gasteiger partial charge in [0.2, 0.25) is 0 Å². The number of nitro benzene ring substituents is 1. The number of halogens is 1. The Hall–Kier alpha value is -1.69. The molecule has 0 radical (unpaired) electrons. The minimum Gasteiger partial charge on any atom is -0.383 e. The Morgan fingerprint density at radius 3 is 2.56 bits per heavy atom. The fraction of sp³-hybridized carbons (Fsp3) is 0.250. The molecule has 0 amide bonds. The van der Waals surface area contributed by atoms with Crippen LogP contribution in [0.2, 0.25) is 0 Å². The van der Waals surface area contributed by atoms with Gasteiger partial charge >= 0.3 is 0 Å². The number of carbonyl (C=O) groups excluding carboxylic acids is 1. The molecule has 1 aromatic carbocycles. The number of carbonyl (C=O) groups is 1. The summed E-state index contributed by atoms with van der Waals surface area (Å²) >= 11 is 3.09. The third-order valence-electron chi connectivity index (χ3n) is 2.20. The topological polar surface area (TPSA) is 63.5 Å².